The quantitative estimate of drug-likeness (QED) is 0.637. The van der Waals surface area contributed by atoms with Crippen LogP contribution in [0.1, 0.15) is 47.0 Å². The van der Waals surface area contributed by atoms with Gasteiger partial charge in [0.05, 0.1) is 0 Å². The van der Waals surface area contributed by atoms with Crippen LogP contribution < -0.4 is 10.6 Å². The topological polar surface area (TPSA) is 44.4 Å². The summed E-state index contributed by atoms with van der Waals surface area (Å²) in [6.45, 7) is 10.2. The van der Waals surface area contributed by atoms with Crippen LogP contribution in [-0.4, -0.2) is 50.1 Å². The molecule has 114 valence electrons. The predicted octanol–water partition coefficient (Wildman–Crippen LogP) is 1.86. The Morgan fingerprint density at radius 2 is 1.74 bits per heavy atom. The van der Waals surface area contributed by atoms with Crippen molar-refractivity contribution in [2.75, 3.05) is 27.2 Å². The number of nitrogens with zero attached hydrogens (tertiary/aromatic N) is 1. The summed E-state index contributed by atoms with van der Waals surface area (Å²) in [5.41, 5.74) is 0. The van der Waals surface area contributed by atoms with E-state index >= 15 is 0 Å². The average Bonchev–Trinajstić information content (AvgIpc) is 2.34. The third kappa shape index (κ3) is 7.53. The normalized spacial score (nSPS) is 14.7. The highest BCUT2D eigenvalue weighted by Crippen LogP contribution is 2.16. The van der Waals surface area contributed by atoms with Crippen LogP contribution in [0, 0.1) is 5.92 Å². The second-order valence-electron chi connectivity index (χ2n) is 5.57. The zero-order valence-corrected chi connectivity index (χ0v) is 13.6. The second kappa shape index (κ2) is 10.2. The Kier molecular flexibility index (Phi) is 9.88. The fourth-order valence-electron chi connectivity index (χ4n) is 2.59. The lowest BCUT2D eigenvalue weighted by Gasteiger charge is -2.31. The Labute approximate surface area is 119 Å². The molecule has 0 aromatic heterocycles. The molecule has 2 atom stereocenters. The third-order valence-electron chi connectivity index (χ3n) is 3.81. The minimum Gasteiger partial charge on any atom is -0.354 e. The number of hydrogen-bond acceptors (Lipinski definition) is 3. The van der Waals surface area contributed by atoms with E-state index in [1.165, 1.54) is 0 Å². The third-order valence-corrected chi connectivity index (χ3v) is 3.81. The first-order valence-electron chi connectivity index (χ1n) is 7.62. The molecule has 19 heavy (non-hydrogen) atoms. The summed E-state index contributed by atoms with van der Waals surface area (Å²) in [5.74, 6) is 0.785. The standard InChI is InChI=1S/C15H33N3O/c1-7-13(8-2)14(18(5)6)11-17-15(19)10-12(4)16-9-3/h12-14,16H,7-11H2,1-6H3,(H,17,19). The van der Waals surface area contributed by atoms with Crippen molar-refractivity contribution < 1.29 is 4.79 Å². The Hall–Kier alpha value is -0.610. The summed E-state index contributed by atoms with van der Waals surface area (Å²) in [7, 11) is 4.19. The van der Waals surface area contributed by atoms with Gasteiger partial charge >= 0.3 is 0 Å². The number of amides is 1. The molecule has 2 unspecified atom stereocenters. The van der Waals surface area contributed by atoms with Gasteiger partial charge < -0.3 is 15.5 Å². The Bertz CT molecular complexity index is 240. The monoisotopic (exact) mass is 271 g/mol. The van der Waals surface area contributed by atoms with Crippen LogP contribution in [0.4, 0.5) is 0 Å². The summed E-state index contributed by atoms with van der Waals surface area (Å²) < 4.78 is 0. The molecule has 0 bridgehead atoms. The number of carbonyl (C=O) groups excluding carboxylic acids is 1. The van der Waals surface area contributed by atoms with Crippen LogP contribution in [0.25, 0.3) is 0 Å². The first kappa shape index (κ1) is 18.4. The van der Waals surface area contributed by atoms with Crippen LogP contribution in [0.15, 0.2) is 0 Å². The van der Waals surface area contributed by atoms with Crippen LogP contribution in [0.2, 0.25) is 0 Å². The van der Waals surface area contributed by atoms with Gasteiger partial charge in [0.2, 0.25) is 5.91 Å². The van der Waals surface area contributed by atoms with E-state index in [1.807, 2.05) is 6.92 Å². The largest absolute Gasteiger partial charge is 0.354 e. The van der Waals surface area contributed by atoms with Gasteiger partial charge in [0, 0.05) is 25.0 Å². The molecule has 0 heterocycles. The van der Waals surface area contributed by atoms with Gasteiger partial charge in [-0.1, -0.05) is 33.6 Å². The van der Waals surface area contributed by atoms with Crippen molar-refractivity contribution in [3.63, 3.8) is 0 Å². The lowest BCUT2D eigenvalue weighted by atomic mass is 9.93. The molecule has 4 heteroatoms. The molecule has 0 rings (SSSR count). The highest BCUT2D eigenvalue weighted by atomic mass is 16.1. The van der Waals surface area contributed by atoms with Crippen molar-refractivity contribution >= 4 is 5.91 Å². The van der Waals surface area contributed by atoms with Crippen LogP contribution in [0.5, 0.6) is 0 Å². The van der Waals surface area contributed by atoms with E-state index in [2.05, 4.69) is 50.4 Å². The van der Waals surface area contributed by atoms with Gasteiger partial charge in [0.1, 0.15) is 0 Å². The Morgan fingerprint density at radius 3 is 2.16 bits per heavy atom. The fourth-order valence-corrected chi connectivity index (χ4v) is 2.59. The lowest BCUT2D eigenvalue weighted by Crippen LogP contribution is -2.45. The van der Waals surface area contributed by atoms with Crippen LogP contribution in [0.3, 0.4) is 0 Å². The molecule has 0 aromatic rings. The molecule has 0 saturated heterocycles. The minimum atomic E-state index is 0.145. The number of nitrogens with one attached hydrogen (secondary N) is 2. The molecule has 4 nitrogen and oxygen atoms in total. The highest BCUT2D eigenvalue weighted by Gasteiger charge is 2.21. The summed E-state index contributed by atoms with van der Waals surface area (Å²) in [5, 5.41) is 6.34. The van der Waals surface area contributed by atoms with Crippen molar-refractivity contribution in [3.05, 3.63) is 0 Å². The SMILES string of the molecule is CCNC(C)CC(=O)NCC(C(CC)CC)N(C)C. The molecule has 0 fully saturated rings. The second-order valence-corrected chi connectivity index (χ2v) is 5.57. The molecule has 0 spiro atoms. The van der Waals surface area contributed by atoms with Gasteiger partial charge in [-0.05, 0) is 33.5 Å². The van der Waals surface area contributed by atoms with E-state index in [0.29, 0.717) is 18.4 Å². The maximum atomic E-state index is 11.9. The molecular formula is C15H33N3O. The molecule has 0 aliphatic heterocycles. The molecule has 0 aliphatic rings. The maximum Gasteiger partial charge on any atom is 0.221 e. The zero-order valence-electron chi connectivity index (χ0n) is 13.6. The van der Waals surface area contributed by atoms with E-state index < -0.39 is 0 Å². The fraction of sp³-hybridized carbons (Fsp3) is 0.933. The number of hydrogen-bond donors (Lipinski definition) is 2. The summed E-state index contributed by atoms with van der Waals surface area (Å²) >= 11 is 0. The number of rotatable bonds is 10. The zero-order chi connectivity index (χ0) is 14.8. The van der Waals surface area contributed by atoms with Crippen molar-refractivity contribution in [1.82, 2.24) is 15.5 Å². The number of carbonyl (C=O) groups is 1. The summed E-state index contributed by atoms with van der Waals surface area (Å²) in [6.07, 6.45) is 2.86. The summed E-state index contributed by atoms with van der Waals surface area (Å²) in [6, 6.07) is 0.671. The lowest BCUT2D eigenvalue weighted by molar-refractivity contribution is -0.121. The number of likely N-dealkylation sites (N-methyl/N-ethyl adjacent to an activating group) is 1. The van der Waals surface area contributed by atoms with Crippen molar-refractivity contribution in [2.45, 2.75) is 59.0 Å². The smallest absolute Gasteiger partial charge is 0.221 e. The molecule has 1 amide bonds. The Morgan fingerprint density at radius 1 is 1.16 bits per heavy atom. The minimum absolute atomic E-state index is 0.145. The summed E-state index contributed by atoms with van der Waals surface area (Å²) in [4.78, 5) is 14.1. The maximum absolute atomic E-state index is 11.9. The molecule has 0 radical (unpaired) electrons. The Balaban J connectivity index is 4.21. The highest BCUT2D eigenvalue weighted by molar-refractivity contribution is 5.76. The van der Waals surface area contributed by atoms with Gasteiger partial charge in [-0.2, -0.15) is 0 Å². The van der Waals surface area contributed by atoms with Gasteiger partial charge in [0.25, 0.3) is 0 Å². The van der Waals surface area contributed by atoms with E-state index in [1.54, 1.807) is 0 Å². The van der Waals surface area contributed by atoms with E-state index in [4.69, 9.17) is 0 Å². The predicted molar refractivity (Wildman–Crippen MR) is 82.3 cm³/mol. The first-order valence-corrected chi connectivity index (χ1v) is 7.62. The van der Waals surface area contributed by atoms with E-state index in [9.17, 15) is 4.79 Å². The van der Waals surface area contributed by atoms with E-state index in [0.717, 1.165) is 25.9 Å². The van der Waals surface area contributed by atoms with Gasteiger partial charge in [-0.3, -0.25) is 4.79 Å². The molecular weight excluding hydrogens is 238 g/mol. The van der Waals surface area contributed by atoms with Crippen molar-refractivity contribution in [3.8, 4) is 0 Å². The average molecular weight is 271 g/mol. The van der Waals surface area contributed by atoms with Gasteiger partial charge in [0.15, 0.2) is 0 Å². The van der Waals surface area contributed by atoms with Crippen molar-refractivity contribution in [1.29, 1.82) is 0 Å². The first-order chi connectivity index (χ1) is 8.96. The molecule has 0 aliphatic carbocycles. The van der Waals surface area contributed by atoms with Crippen LogP contribution in [-0.2, 0) is 4.79 Å². The van der Waals surface area contributed by atoms with Gasteiger partial charge in [-0.15, -0.1) is 0 Å². The molecule has 2 N–H and O–H groups in total. The van der Waals surface area contributed by atoms with Gasteiger partial charge in [-0.25, -0.2) is 0 Å². The van der Waals surface area contributed by atoms with Crippen LogP contribution >= 0.6 is 0 Å². The van der Waals surface area contributed by atoms with Crippen molar-refractivity contribution in [2.24, 2.45) is 5.92 Å². The molecule has 0 saturated carbocycles. The van der Waals surface area contributed by atoms with E-state index in [-0.39, 0.29) is 11.9 Å². The molecule has 0 aromatic carbocycles.